The molecule has 1 aromatic rings. The van der Waals surface area contributed by atoms with Gasteiger partial charge in [-0.05, 0) is 13.8 Å². The fraction of sp³-hybridized carbons (Fsp3) is 0.700. The lowest BCUT2D eigenvalue weighted by Gasteiger charge is -2.09. The lowest BCUT2D eigenvalue weighted by atomic mass is 10.2. The number of aryl methyl sites for hydroxylation is 1. The van der Waals surface area contributed by atoms with E-state index < -0.39 is 10.8 Å². The van der Waals surface area contributed by atoms with Gasteiger partial charge in [0.1, 0.15) is 0 Å². The van der Waals surface area contributed by atoms with Crippen molar-refractivity contribution in [1.82, 2.24) is 15.1 Å². The van der Waals surface area contributed by atoms with Crippen LogP contribution < -0.4 is 5.32 Å². The highest BCUT2D eigenvalue weighted by Crippen LogP contribution is 2.04. The Kier molecular flexibility index (Phi) is 4.47. The zero-order chi connectivity index (χ0) is 11.4. The van der Waals surface area contributed by atoms with Gasteiger partial charge in [0.25, 0.3) is 0 Å². The summed E-state index contributed by atoms with van der Waals surface area (Å²) in [4.78, 5) is 0. The number of hydrogen-bond donors (Lipinski definition) is 1. The highest BCUT2D eigenvalue weighted by Gasteiger charge is 2.07. The van der Waals surface area contributed by atoms with Crippen LogP contribution in [0, 0.1) is 6.92 Å². The molecule has 0 radical (unpaired) electrons. The van der Waals surface area contributed by atoms with Gasteiger partial charge in [0.05, 0.1) is 6.20 Å². The molecule has 5 heteroatoms. The molecule has 0 fully saturated rings. The summed E-state index contributed by atoms with van der Waals surface area (Å²) in [6.45, 7) is 5.60. The minimum absolute atomic E-state index is 0.196. The Morgan fingerprint density at radius 3 is 2.80 bits per heavy atom. The summed E-state index contributed by atoms with van der Waals surface area (Å²) in [5.74, 6) is 0. The second-order valence-corrected chi connectivity index (χ2v) is 5.62. The Hall–Kier alpha value is -0.680. The first-order chi connectivity index (χ1) is 7.02. The quantitative estimate of drug-likeness (QED) is 0.803. The summed E-state index contributed by atoms with van der Waals surface area (Å²) in [7, 11) is 1.18. The zero-order valence-corrected chi connectivity index (χ0v) is 10.6. The molecule has 2 atom stereocenters. The highest BCUT2D eigenvalue weighted by atomic mass is 32.2. The smallest absolute Gasteiger partial charge is 0.0537 e. The Labute approximate surface area is 93.5 Å². The molecule has 4 nitrogen and oxygen atoms in total. The lowest BCUT2D eigenvalue weighted by molar-refractivity contribution is 0.645. The first-order valence-electron chi connectivity index (χ1n) is 5.02. The van der Waals surface area contributed by atoms with Crippen LogP contribution in [0.15, 0.2) is 6.20 Å². The van der Waals surface area contributed by atoms with E-state index in [2.05, 4.69) is 10.4 Å². The average molecular weight is 229 g/mol. The molecule has 0 aliphatic rings. The highest BCUT2D eigenvalue weighted by molar-refractivity contribution is 7.84. The Balaban J connectivity index is 2.38. The fourth-order valence-corrected chi connectivity index (χ4v) is 1.60. The summed E-state index contributed by atoms with van der Waals surface area (Å²) in [6, 6.07) is 0. The molecule has 86 valence electrons. The second kappa shape index (κ2) is 5.42. The molecule has 0 aliphatic carbocycles. The summed E-state index contributed by atoms with van der Waals surface area (Å²) >= 11 is 0. The van der Waals surface area contributed by atoms with E-state index >= 15 is 0 Å². The van der Waals surface area contributed by atoms with Crippen LogP contribution in [-0.2, 0) is 24.4 Å². The van der Waals surface area contributed by atoms with Gasteiger partial charge in [-0.25, -0.2) is 0 Å². The van der Waals surface area contributed by atoms with Crippen molar-refractivity contribution in [2.45, 2.75) is 25.6 Å². The zero-order valence-electron chi connectivity index (χ0n) is 9.78. The van der Waals surface area contributed by atoms with Crippen molar-refractivity contribution >= 4 is 10.8 Å². The standard InChI is InChI=1S/C10H19N3OS/c1-8(15(4)14)5-11-6-10-7-12-13(3)9(10)2/h7-8,11H,5-6H2,1-4H3. The summed E-state index contributed by atoms with van der Waals surface area (Å²) < 4.78 is 13.0. The van der Waals surface area contributed by atoms with Gasteiger partial charge >= 0.3 is 0 Å². The van der Waals surface area contributed by atoms with E-state index in [0.29, 0.717) is 0 Å². The molecule has 0 saturated carbocycles. The molecular weight excluding hydrogens is 210 g/mol. The van der Waals surface area contributed by atoms with E-state index in [0.717, 1.165) is 13.1 Å². The minimum Gasteiger partial charge on any atom is -0.311 e. The minimum atomic E-state index is -0.752. The third-order valence-electron chi connectivity index (χ3n) is 2.65. The van der Waals surface area contributed by atoms with Crippen molar-refractivity contribution in [2.75, 3.05) is 12.8 Å². The number of aromatic nitrogens is 2. The number of rotatable bonds is 5. The van der Waals surface area contributed by atoms with Crippen LogP contribution in [0.4, 0.5) is 0 Å². The van der Waals surface area contributed by atoms with E-state index in [1.54, 1.807) is 6.26 Å². The number of nitrogens with one attached hydrogen (secondary N) is 1. The van der Waals surface area contributed by atoms with Gasteiger partial charge < -0.3 is 5.32 Å². The van der Waals surface area contributed by atoms with Crippen LogP contribution in [0.3, 0.4) is 0 Å². The van der Waals surface area contributed by atoms with Gasteiger partial charge in [0.2, 0.25) is 0 Å². The Morgan fingerprint density at radius 2 is 2.33 bits per heavy atom. The molecule has 1 rings (SSSR count). The molecule has 2 unspecified atom stereocenters. The number of hydrogen-bond acceptors (Lipinski definition) is 3. The first kappa shape index (κ1) is 12.4. The summed E-state index contributed by atoms with van der Waals surface area (Å²) in [5.41, 5.74) is 2.37. The van der Waals surface area contributed by atoms with Crippen molar-refractivity contribution in [3.63, 3.8) is 0 Å². The Bertz CT molecular complexity index is 348. The van der Waals surface area contributed by atoms with Gasteiger partial charge in [0, 0.05) is 53.7 Å². The molecule has 1 N–H and O–H groups in total. The summed E-state index contributed by atoms with van der Waals surface area (Å²) in [5, 5.41) is 7.65. The van der Waals surface area contributed by atoms with Crippen LogP contribution in [0.25, 0.3) is 0 Å². The molecule has 0 saturated heterocycles. The Morgan fingerprint density at radius 1 is 1.67 bits per heavy atom. The van der Waals surface area contributed by atoms with Crippen molar-refractivity contribution < 1.29 is 4.21 Å². The predicted molar refractivity (Wildman–Crippen MR) is 63.2 cm³/mol. The molecule has 0 amide bonds. The first-order valence-corrected chi connectivity index (χ1v) is 6.65. The molecule has 0 spiro atoms. The largest absolute Gasteiger partial charge is 0.311 e. The molecule has 0 aliphatic heterocycles. The molecule has 1 aromatic heterocycles. The molecule has 0 aromatic carbocycles. The average Bonchev–Trinajstić information content (AvgIpc) is 2.49. The van der Waals surface area contributed by atoms with Crippen LogP contribution in [-0.4, -0.2) is 32.0 Å². The van der Waals surface area contributed by atoms with Gasteiger partial charge in [-0.15, -0.1) is 0 Å². The second-order valence-electron chi connectivity index (χ2n) is 3.82. The molecule has 1 heterocycles. The third kappa shape index (κ3) is 3.43. The molecular formula is C10H19N3OS. The van der Waals surface area contributed by atoms with Gasteiger partial charge in [0.15, 0.2) is 0 Å². The van der Waals surface area contributed by atoms with E-state index in [1.165, 1.54) is 11.3 Å². The van der Waals surface area contributed by atoms with E-state index in [-0.39, 0.29) is 5.25 Å². The maximum absolute atomic E-state index is 11.1. The van der Waals surface area contributed by atoms with Gasteiger partial charge in [-0.2, -0.15) is 5.10 Å². The SMILES string of the molecule is Cc1c(CNCC(C)S(C)=O)cnn1C. The third-order valence-corrected chi connectivity index (χ3v) is 3.95. The van der Waals surface area contributed by atoms with Crippen molar-refractivity contribution in [2.24, 2.45) is 7.05 Å². The predicted octanol–water partition coefficient (Wildman–Crippen LogP) is 0.585. The monoisotopic (exact) mass is 229 g/mol. The molecule has 0 bridgehead atoms. The van der Waals surface area contributed by atoms with Gasteiger partial charge in [-0.3, -0.25) is 8.89 Å². The van der Waals surface area contributed by atoms with Crippen LogP contribution in [0.1, 0.15) is 18.2 Å². The maximum Gasteiger partial charge on any atom is 0.0537 e. The van der Waals surface area contributed by atoms with Crippen molar-refractivity contribution in [3.05, 3.63) is 17.5 Å². The maximum atomic E-state index is 11.1. The van der Waals surface area contributed by atoms with Crippen LogP contribution >= 0.6 is 0 Å². The summed E-state index contributed by atoms with van der Waals surface area (Å²) in [6.07, 6.45) is 3.61. The van der Waals surface area contributed by atoms with Crippen molar-refractivity contribution in [1.29, 1.82) is 0 Å². The van der Waals surface area contributed by atoms with Crippen LogP contribution in [0.5, 0.6) is 0 Å². The fourth-order valence-electron chi connectivity index (χ4n) is 1.25. The molecule has 15 heavy (non-hydrogen) atoms. The van der Waals surface area contributed by atoms with Crippen molar-refractivity contribution in [3.8, 4) is 0 Å². The van der Waals surface area contributed by atoms with Gasteiger partial charge in [-0.1, -0.05) is 0 Å². The van der Waals surface area contributed by atoms with E-state index in [1.807, 2.05) is 31.8 Å². The van der Waals surface area contributed by atoms with E-state index in [4.69, 9.17) is 0 Å². The topological polar surface area (TPSA) is 46.9 Å². The van der Waals surface area contributed by atoms with Crippen LogP contribution in [0.2, 0.25) is 0 Å². The number of nitrogens with zero attached hydrogens (tertiary/aromatic N) is 2. The van der Waals surface area contributed by atoms with E-state index in [9.17, 15) is 4.21 Å². The lowest BCUT2D eigenvalue weighted by Crippen LogP contribution is -2.27. The normalized spacial score (nSPS) is 15.2.